The smallest absolute Gasteiger partial charge is 0.239 e. The van der Waals surface area contributed by atoms with Crippen molar-refractivity contribution < 1.29 is 4.79 Å². The number of nitrogen functional groups attached to an aromatic ring is 1. The second kappa shape index (κ2) is 6.37. The van der Waals surface area contributed by atoms with E-state index in [-0.39, 0.29) is 5.91 Å². The third-order valence-corrected chi connectivity index (χ3v) is 4.63. The van der Waals surface area contributed by atoms with Crippen LogP contribution in [0.4, 0.5) is 11.4 Å². The minimum atomic E-state index is 0.150. The number of nitrogens with one attached hydrogen (secondary N) is 1. The van der Waals surface area contributed by atoms with Crippen molar-refractivity contribution in [1.29, 1.82) is 0 Å². The van der Waals surface area contributed by atoms with Gasteiger partial charge in [0.2, 0.25) is 5.91 Å². The number of carbonyl (C=O) groups excluding carboxylic acids is 1. The Morgan fingerprint density at radius 2 is 2.05 bits per heavy atom. The standard InChI is InChI=1S/C17H25N3O/c18-14-9-8-13-5-4-10-20(16(13)11-14)12-17(21)19-15-6-2-1-3-7-15/h8-9,11,15H,1-7,10,12,18H2,(H,19,21). The van der Waals surface area contributed by atoms with Crippen molar-refractivity contribution in [2.24, 2.45) is 0 Å². The minimum absolute atomic E-state index is 0.150. The fraction of sp³-hybridized carbons (Fsp3) is 0.588. The van der Waals surface area contributed by atoms with Crippen LogP contribution in [0.2, 0.25) is 0 Å². The van der Waals surface area contributed by atoms with Gasteiger partial charge in [-0.1, -0.05) is 25.3 Å². The molecule has 1 aliphatic heterocycles. The molecule has 21 heavy (non-hydrogen) atoms. The summed E-state index contributed by atoms with van der Waals surface area (Å²) in [5.74, 6) is 0.150. The number of fused-ring (bicyclic) bond motifs is 1. The Hall–Kier alpha value is -1.71. The fourth-order valence-corrected chi connectivity index (χ4v) is 3.53. The Morgan fingerprint density at radius 1 is 1.24 bits per heavy atom. The van der Waals surface area contributed by atoms with Gasteiger partial charge in [0.25, 0.3) is 0 Å². The Bertz CT molecular complexity index is 509. The van der Waals surface area contributed by atoms with Crippen LogP contribution in [-0.4, -0.2) is 25.0 Å². The molecule has 3 rings (SSSR count). The van der Waals surface area contributed by atoms with Crippen LogP contribution in [0, 0.1) is 0 Å². The lowest BCUT2D eigenvalue weighted by atomic mass is 9.95. The lowest BCUT2D eigenvalue weighted by Gasteiger charge is -2.32. The maximum absolute atomic E-state index is 12.3. The van der Waals surface area contributed by atoms with Crippen molar-refractivity contribution in [1.82, 2.24) is 5.32 Å². The molecule has 1 aliphatic carbocycles. The highest BCUT2D eigenvalue weighted by atomic mass is 16.2. The van der Waals surface area contributed by atoms with Gasteiger partial charge in [-0.15, -0.1) is 0 Å². The average Bonchev–Trinajstić information content (AvgIpc) is 2.49. The van der Waals surface area contributed by atoms with E-state index in [1.807, 2.05) is 12.1 Å². The van der Waals surface area contributed by atoms with Gasteiger partial charge in [-0.05, 0) is 43.4 Å². The molecule has 0 spiro atoms. The molecule has 1 amide bonds. The molecule has 4 heteroatoms. The maximum Gasteiger partial charge on any atom is 0.239 e. The first kappa shape index (κ1) is 14.2. The summed E-state index contributed by atoms with van der Waals surface area (Å²) in [7, 11) is 0. The molecule has 0 bridgehead atoms. The zero-order valence-corrected chi connectivity index (χ0v) is 12.6. The molecule has 0 radical (unpaired) electrons. The van der Waals surface area contributed by atoms with E-state index >= 15 is 0 Å². The van der Waals surface area contributed by atoms with Crippen molar-refractivity contribution in [3.63, 3.8) is 0 Å². The number of carbonyl (C=O) groups is 1. The van der Waals surface area contributed by atoms with E-state index in [0.29, 0.717) is 12.6 Å². The summed E-state index contributed by atoms with van der Waals surface area (Å²) in [6.07, 6.45) is 8.25. The fourth-order valence-electron chi connectivity index (χ4n) is 3.53. The Kier molecular flexibility index (Phi) is 4.32. The zero-order chi connectivity index (χ0) is 14.7. The van der Waals surface area contributed by atoms with Gasteiger partial charge in [-0.2, -0.15) is 0 Å². The molecule has 0 aromatic heterocycles. The number of aryl methyl sites for hydroxylation is 1. The number of benzene rings is 1. The zero-order valence-electron chi connectivity index (χ0n) is 12.6. The normalized spacial score (nSPS) is 19.1. The molecular formula is C17H25N3O. The van der Waals surface area contributed by atoms with Crippen molar-refractivity contribution in [2.75, 3.05) is 23.7 Å². The van der Waals surface area contributed by atoms with Gasteiger partial charge in [0.15, 0.2) is 0 Å². The number of rotatable bonds is 3. The summed E-state index contributed by atoms with van der Waals surface area (Å²) in [6.45, 7) is 1.39. The number of nitrogens with two attached hydrogens (primary N) is 1. The highest BCUT2D eigenvalue weighted by molar-refractivity contribution is 5.82. The molecule has 0 saturated heterocycles. The average molecular weight is 287 g/mol. The van der Waals surface area contributed by atoms with E-state index in [2.05, 4.69) is 16.3 Å². The first-order chi connectivity index (χ1) is 10.2. The van der Waals surface area contributed by atoms with E-state index in [1.165, 1.54) is 24.8 Å². The lowest BCUT2D eigenvalue weighted by molar-refractivity contribution is -0.120. The van der Waals surface area contributed by atoms with Crippen molar-refractivity contribution in [3.8, 4) is 0 Å². The molecule has 1 heterocycles. The molecule has 0 unspecified atom stereocenters. The first-order valence-electron chi connectivity index (χ1n) is 8.15. The molecule has 1 saturated carbocycles. The SMILES string of the molecule is Nc1ccc2c(c1)N(CC(=O)NC1CCCCC1)CCC2. The Balaban J connectivity index is 1.63. The van der Waals surface area contributed by atoms with Gasteiger partial charge in [-0.3, -0.25) is 4.79 Å². The first-order valence-corrected chi connectivity index (χ1v) is 8.15. The molecule has 114 valence electrons. The summed E-state index contributed by atoms with van der Waals surface area (Å²) in [6, 6.07) is 6.43. The maximum atomic E-state index is 12.3. The van der Waals surface area contributed by atoms with Crippen LogP contribution in [0.25, 0.3) is 0 Å². The van der Waals surface area contributed by atoms with Crippen LogP contribution in [0.15, 0.2) is 18.2 Å². The van der Waals surface area contributed by atoms with E-state index in [4.69, 9.17) is 5.73 Å². The summed E-state index contributed by atoms with van der Waals surface area (Å²) in [5, 5.41) is 3.20. The van der Waals surface area contributed by atoms with E-state index in [0.717, 1.165) is 43.6 Å². The number of anilines is 2. The van der Waals surface area contributed by atoms with Crippen molar-refractivity contribution in [3.05, 3.63) is 23.8 Å². The lowest BCUT2D eigenvalue weighted by Crippen LogP contribution is -2.44. The highest BCUT2D eigenvalue weighted by Crippen LogP contribution is 2.28. The monoisotopic (exact) mass is 287 g/mol. The van der Waals surface area contributed by atoms with Crippen LogP contribution in [0.3, 0.4) is 0 Å². The van der Waals surface area contributed by atoms with Gasteiger partial charge in [0.05, 0.1) is 6.54 Å². The van der Waals surface area contributed by atoms with Crippen LogP contribution in [0.1, 0.15) is 44.1 Å². The Labute approximate surface area is 126 Å². The summed E-state index contributed by atoms with van der Waals surface area (Å²) in [4.78, 5) is 14.5. The predicted octanol–water partition coefficient (Wildman–Crippen LogP) is 2.47. The topological polar surface area (TPSA) is 58.4 Å². The molecule has 0 atom stereocenters. The second-order valence-electron chi connectivity index (χ2n) is 6.32. The van der Waals surface area contributed by atoms with Crippen molar-refractivity contribution in [2.45, 2.75) is 51.0 Å². The molecule has 1 aromatic carbocycles. The largest absolute Gasteiger partial charge is 0.399 e. The molecule has 1 aromatic rings. The van der Waals surface area contributed by atoms with Crippen LogP contribution >= 0.6 is 0 Å². The number of nitrogens with zero attached hydrogens (tertiary/aromatic N) is 1. The number of amides is 1. The summed E-state index contributed by atoms with van der Waals surface area (Å²) < 4.78 is 0. The van der Waals surface area contributed by atoms with Crippen molar-refractivity contribution >= 4 is 17.3 Å². The third-order valence-electron chi connectivity index (χ3n) is 4.63. The van der Waals surface area contributed by atoms with Gasteiger partial charge < -0.3 is 16.0 Å². The van der Waals surface area contributed by atoms with Crippen LogP contribution in [-0.2, 0) is 11.2 Å². The molecule has 1 fully saturated rings. The summed E-state index contributed by atoms with van der Waals surface area (Å²) in [5.41, 5.74) is 9.11. The van der Waals surface area contributed by atoms with Crippen LogP contribution in [0.5, 0.6) is 0 Å². The highest BCUT2D eigenvalue weighted by Gasteiger charge is 2.21. The quantitative estimate of drug-likeness (QED) is 0.840. The molecular weight excluding hydrogens is 262 g/mol. The second-order valence-corrected chi connectivity index (χ2v) is 6.32. The number of hydrogen-bond donors (Lipinski definition) is 2. The van der Waals surface area contributed by atoms with Gasteiger partial charge in [-0.25, -0.2) is 0 Å². The number of hydrogen-bond acceptors (Lipinski definition) is 3. The third kappa shape index (κ3) is 3.49. The Morgan fingerprint density at radius 3 is 2.86 bits per heavy atom. The van der Waals surface area contributed by atoms with Crippen LogP contribution < -0.4 is 16.0 Å². The molecule has 2 aliphatic rings. The van der Waals surface area contributed by atoms with Gasteiger partial charge in [0.1, 0.15) is 0 Å². The van der Waals surface area contributed by atoms with Gasteiger partial charge in [0, 0.05) is 24.0 Å². The van der Waals surface area contributed by atoms with E-state index < -0.39 is 0 Å². The molecule has 4 nitrogen and oxygen atoms in total. The van der Waals surface area contributed by atoms with Gasteiger partial charge >= 0.3 is 0 Å². The predicted molar refractivity (Wildman–Crippen MR) is 86.4 cm³/mol. The summed E-state index contributed by atoms with van der Waals surface area (Å²) >= 11 is 0. The minimum Gasteiger partial charge on any atom is -0.399 e. The van der Waals surface area contributed by atoms with E-state index in [1.54, 1.807) is 0 Å². The van der Waals surface area contributed by atoms with E-state index in [9.17, 15) is 4.79 Å². The molecule has 3 N–H and O–H groups in total.